The lowest BCUT2D eigenvalue weighted by Gasteiger charge is -2.13. The highest BCUT2D eigenvalue weighted by Gasteiger charge is 2.31. The van der Waals surface area contributed by atoms with Crippen LogP contribution < -0.4 is 10.1 Å². The first-order valence-corrected chi connectivity index (χ1v) is 11.2. The Kier molecular flexibility index (Phi) is 6.66. The van der Waals surface area contributed by atoms with Gasteiger partial charge in [-0.15, -0.1) is 11.8 Å². The number of aryl methyl sites for hydroxylation is 1. The number of carboxylic acids is 1. The Morgan fingerprint density at radius 1 is 1.27 bits per heavy atom. The summed E-state index contributed by atoms with van der Waals surface area (Å²) in [5.74, 6) is 1.12. The lowest BCUT2D eigenvalue weighted by Crippen LogP contribution is -2.33. The highest BCUT2D eigenvalue weighted by atomic mass is 32.2. The summed E-state index contributed by atoms with van der Waals surface area (Å²) in [6, 6.07) is 11.6. The second-order valence-corrected chi connectivity index (χ2v) is 8.68. The highest BCUT2D eigenvalue weighted by molar-refractivity contribution is 7.99. The Morgan fingerprint density at radius 2 is 2.03 bits per heavy atom. The molecule has 2 heterocycles. The molecule has 0 bridgehead atoms. The van der Waals surface area contributed by atoms with Gasteiger partial charge in [0.15, 0.2) is 0 Å². The van der Waals surface area contributed by atoms with Crippen molar-refractivity contribution in [1.82, 2.24) is 10.3 Å². The molecule has 2 aromatic carbocycles. The fraction of sp³-hybridized carbons (Fsp3) is 0.304. The number of halogens is 3. The van der Waals surface area contributed by atoms with Crippen LogP contribution in [0.1, 0.15) is 28.0 Å². The fourth-order valence-electron chi connectivity index (χ4n) is 3.42. The first-order valence-electron chi connectivity index (χ1n) is 10.2. The van der Waals surface area contributed by atoms with Gasteiger partial charge in [0.25, 0.3) is 0 Å². The number of benzene rings is 2. The summed E-state index contributed by atoms with van der Waals surface area (Å²) in [5.41, 5.74) is 1.34. The molecule has 3 aromatic rings. The van der Waals surface area contributed by atoms with Crippen LogP contribution in [0.15, 0.2) is 52.9 Å². The van der Waals surface area contributed by atoms with Gasteiger partial charge in [-0.2, -0.15) is 13.2 Å². The average molecular weight is 478 g/mol. The fourth-order valence-corrected chi connectivity index (χ4v) is 4.65. The minimum absolute atomic E-state index is 0.112. The van der Waals surface area contributed by atoms with E-state index in [1.54, 1.807) is 6.92 Å². The van der Waals surface area contributed by atoms with Gasteiger partial charge in [-0.3, -0.25) is 10.1 Å². The molecule has 6 nitrogen and oxygen atoms in total. The van der Waals surface area contributed by atoms with Gasteiger partial charge in [0.1, 0.15) is 17.6 Å². The molecule has 33 heavy (non-hydrogen) atoms. The molecule has 2 atom stereocenters. The number of alkyl halides is 3. The summed E-state index contributed by atoms with van der Waals surface area (Å²) in [5, 5.41) is 12.1. The van der Waals surface area contributed by atoms with Gasteiger partial charge >= 0.3 is 12.1 Å². The summed E-state index contributed by atoms with van der Waals surface area (Å²) < 4.78 is 49.7. The minimum atomic E-state index is -4.39. The molecule has 0 aliphatic carbocycles. The lowest BCUT2D eigenvalue weighted by molar-refractivity contribution is -0.139. The van der Waals surface area contributed by atoms with Crippen molar-refractivity contribution in [3.63, 3.8) is 0 Å². The normalized spacial score (nSPS) is 18.4. The second kappa shape index (κ2) is 9.48. The molecule has 174 valence electrons. The number of thioether (sulfide) groups is 1. The van der Waals surface area contributed by atoms with E-state index in [4.69, 9.17) is 14.3 Å². The van der Waals surface area contributed by atoms with E-state index in [1.165, 1.54) is 23.9 Å². The number of carboxylic acid groups (broad SMARTS) is 1. The quantitative estimate of drug-likeness (QED) is 0.490. The topological polar surface area (TPSA) is 84.6 Å². The number of nitrogens with zero attached hydrogens (tertiary/aromatic N) is 1. The van der Waals surface area contributed by atoms with Gasteiger partial charge in [-0.05, 0) is 48.9 Å². The van der Waals surface area contributed by atoms with Crippen LogP contribution in [0.3, 0.4) is 0 Å². The monoisotopic (exact) mass is 478 g/mol. The molecule has 4 rings (SSSR count). The smallest absolute Gasteiger partial charge is 0.416 e. The standard InChI is InChI=1S/C23H21F3N2O4S/c1-13-18(27-20(32-13)14-5-7-16(8-6-14)23(24,25)26)9-10-31-17-4-2-3-15(11-17)21-28-19(12-33-21)22(29)30/h2-8,11,19,21,28H,9-10,12H2,1H3,(H,29,30)/t19-,21?/m0/s1. The number of rotatable bonds is 7. The molecule has 0 radical (unpaired) electrons. The van der Waals surface area contributed by atoms with E-state index in [2.05, 4.69) is 10.3 Å². The van der Waals surface area contributed by atoms with Gasteiger partial charge in [0, 0.05) is 17.7 Å². The van der Waals surface area contributed by atoms with Crippen molar-refractivity contribution >= 4 is 17.7 Å². The number of aliphatic carboxylic acids is 1. The van der Waals surface area contributed by atoms with Gasteiger partial charge < -0.3 is 14.3 Å². The Bertz CT molecular complexity index is 1130. The molecule has 1 aliphatic rings. The van der Waals surface area contributed by atoms with Crippen LogP contribution in [0.25, 0.3) is 11.5 Å². The molecule has 1 unspecified atom stereocenters. The SMILES string of the molecule is Cc1oc(-c2ccc(C(F)(F)F)cc2)nc1CCOc1cccc(C2N[C@H](C(=O)O)CS2)c1. The van der Waals surface area contributed by atoms with Crippen LogP contribution in [-0.4, -0.2) is 34.5 Å². The maximum atomic E-state index is 12.8. The highest BCUT2D eigenvalue weighted by Crippen LogP contribution is 2.34. The number of nitrogens with one attached hydrogen (secondary N) is 1. The zero-order chi connectivity index (χ0) is 23.6. The number of ether oxygens (including phenoxy) is 1. The molecule has 1 aromatic heterocycles. The second-order valence-electron chi connectivity index (χ2n) is 7.54. The number of oxazole rings is 1. The maximum Gasteiger partial charge on any atom is 0.416 e. The van der Waals surface area contributed by atoms with Crippen LogP contribution >= 0.6 is 11.8 Å². The Balaban J connectivity index is 1.36. The average Bonchev–Trinajstić information content (AvgIpc) is 3.41. The van der Waals surface area contributed by atoms with E-state index >= 15 is 0 Å². The van der Waals surface area contributed by atoms with Gasteiger partial charge in [-0.25, -0.2) is 4.98 Å². The largest absolute Gasteiger partial charge is 0.493 e. The molecule has 0 saturated carbocycles. The first-order chi connectivity index (χ1) is 15.7. The summed E-state index contributed by atoms with van der Waals surface area (Å²) in [6.45, 7) is 2.07. The first kappa shape index (κ1) is 23.2. The van der Waals surface area contributed by atoms with Crippen LogP contribution in [0.5, 0.6) is 5.75 Å². The number of aromatic nitrogens is 1. The Morgan fingerprint density at radius 3 is 2.70 bits per heavy atom. The van der Waals surface area contributed by atoms with Gasteiger partial charge in [0.05, 0.1) is 23.2 Å². The van der Waals surface area contributed by atoms with Crippen molar-refractivity contribution in [2.75, 3.05) is 12.4 Å². The van der Waals surface area contributed by atoms with E-state index in [9.17, 15) is 18.0 Å². The van der Waals surface area contributed by atoms with E-state index in [1.807, 2.05) is 24.3 Å². The zero-order valence-electron chi connectivity index (χ0n) is 17.6. The van der Waals surface area contributed by atoms with E-state index < -0.39 is 23.8 Å². The zero-order valence-corrected chi connectivity index (χ0v) is 18.4. The molecular formula is C23H21F3N2O4S. The van der Waals surface area contributed by atoms with Crippen LogP contribution in [0, 0.1) is 6.92 Å². The van der Waals surface area contributed by atoms with Crippen molar-refractivity contribution in [2.45, 2.75) is 30.9 Å². The Hall–Kier alpha value is -2.98. The molecule has 1 aliphatic heterocycles. The summed E-state index contributed by atoms with van der Waals surface area (Å²) in [6.07, 6.45) is -3.94. The molecule has 1 saturated heterocycles. The predicted molar refractivity (Wildman–Crippen MR) is 117 cm³/mol. The van der Waals surface area contributed by atoms with E-state index in [-0.39, 0.29) is 11.3 Å². The van der Waals surface area contributed by atoms with Crippen molar-refractivity contribution in [2.24, 2.45) is 0 Å². The van der Waals surface area contributed by atoms with E-state index in [0.29, 0.717) is 41.5 Å². The third-order valence-electron chi connectivity index (χ3n) is 5.20. The minimum Gasteiger partial charge on any atom is -0.493 e. The third-order valence-corrected chi connectivity index (χ3v) is 6.47. The molecule has 0 amide bonds. The van der Waals surface area contributed by atoms with Crippen molar-refractivity contribution in [3.8, 4) is 17.2 Å². The summed E-state index contributed by atoms with van der Waals surface area (Å²) in [7, 11) is 0. The maximum absolute atomic E-state index is 12.8. The lowest BCUT2D eigenvalue weighted by atomic mass is 10.1. The predicted octanol–water partition coefficient (Wildman–Crippen LogP) is 5.08. The van der Waals surface area contributed by atoms with Crippen molar-refractivity contribution in [3.05, 3.63) is 71.1 Å². The van der Waals surface area contributed by atoms with E-state index in [0.717, 1.165) is 17.7 Å². The summed E-state index contributed by atoms with van der Waals surface area (Å²) >= 11 is 1.53. The third kappa shape index (κ3) is 5.51. The van der Waals surface area contributed by atoms with Crippen molar-refractivity contribution in [1.29, 1.82) is 0 Å². The number of hydrogen-bond donors (Lipinski definition) is 2. The number of carbonyl (C=O) groups is 1. The molecule has 0 spiro atoms. The summed E-state index contributed by atoms with van der Waals surface area (Å²) in [4.78, 5) is 15.5. The van der Waals surface area contributed by atoms with Gasteiger partial charge in [0.2, 0.25) is 5.89 Å². The van der Waals surface area contributed by atoms with Crippen LogP contribution in [0.4, 0.5) is 13.2 Å². The van der Waals surface area contributed by atoms with Crippen molar-refractivity contribution < 1.29 is 32.2 Å². The molecular weight excluding hydrogens is 457 g/mol. The van der Waals surface area contributed by atoms with Gasteiger partial charge in [-0.1, -0.05) is 12.1 Å². The number of hydrogen-bond acceptors (Lipinski definition) is 6. The van der Waals surface area contributed by atoms with Crippen LogP contribution in [-0.2, 0) is 17.4 Å². The molecule has 1 fully saturated rings. The van der Waals surface area contributed by atoms with Crippen LogP contribution in [0.2, 0.25) is 0 Å². The molecule has 2 N–H and O–H groups in total. The Labute approximate surface area is 192 Å². The molecule has 10 heteroatoms.